The molecule has 96 valence electrons. The average molecular weight is 264 g/mol. The number of H-pyrrole nitrogens is 1. The summed E-state index contributed by atoms with van der Waals surface area (Å²) >= 11 is 0. The van der Waals surface area contributed by atoms with E-state index in [-0.39, 0.29) is 12.4 Å². The molecule has 0 saturated carbocycles. The van der Waals surface area contributed by atoms with E-state index < -0.39 is 0 Å². The van der Waals surface area contributed by atoms with Crippen molar-refractivity contribution >= 4 is 12.4 Å². The van der Waals surface area contributed by atoms with E-state index in [2.05, 4.69) is 39.6 Å². The monoisotopic (exact) mass is 263 g/mol. The van der Waals surface area contributed by atoms with Crippen molar-refractivity contribution in [2.45, 2.75) is 18.8 Å². The number of piperidine rings is 1. The van der Waals surface area contributed by atoms with Gasteiger partial charge in [-0.2, -0.15) is 0 Å². The second-order valence-corrected chi connectivity index (χ2v) is 4.59. The van der Waals surface area contributed by atoms with Crippen LogP contribution in [0.3, 0.4) is 0 Å². The zero-order valence-electron chi connectivity index (χ0n) is 10.2. The highest BCUT2D eigenvalue weighted by Gasteiger charge is 2.18. The summed E-state index contributed by atoms with van der Waals surface area (Å²) in [7, 11) is 0. The summed E-state index contributed by atoms with van der Waals surface area (Å²) in [6, 6.07) is 10.4. The normalized spacial score (nSPS) is 19.2. The highest BCUT2D eigenvalue weighted by atomic mass is 35.5. The molecule has 0 aliphatic carbocycles. The molecule has 3 nitrogen and oxygen atoms in total. The summed E-state index contributed by atoms with van der Waals surface area (Å²) in [5.41, 5.74) is 2.32. The molecule has 0 amide bonds. The van der Waals surface area contributed by atoms with Crippen LogP contribution in [0.5, 0.6) is 0 Å². The van der Waals surface area contributed by atoms with Crippen LogP contribution in [0.2, 0.25) is 0 Å². The molecule has 2 aromatic rings. The zero-order chi connectivity index (χ0) is 11.5. The number of aromatic nitrogens is 2. The van der Waals surface area contributed by atoms with Crippen molar-refractivity contribution in [1.82, 2.24) is 15.3 Å². The minimum absolute atomic E-state index is 0. The first kappa shape index (κ1) is 13.1. The Bertz CT molecular complexity index is 475. The van der Waals surface area contributed by atoms with E-state index in [9.17, 15) is 0 Å². The topological polar surface area (TPSA) is 40.7 Å². The molecule has 18 heavy (non-hydrogen) atoms. The number of hydrogen-bond donors (Lipinski definition) is 2. The van der Waals surface area contributed by atoms with Crippen LogP contribution in [0.1, 0.15) is 24.6 Å². The fourth-order valence-corrected chi connectivity index (χ4v) is 2.39. The van der Waals surface area contributed by atoms with E-state index in [4.69, 9.17) is 0 Å². The van der Waals surface area contributed by atoms with Crippen molar-refractivity contribution in [3.05, 3.63) is 42.4 Å². The van der Waals surface area contributed by atoms with Crippen molar-refractivity contribution < 1.29 is 0 Å². The van der Waals surface area contributed by atoms with Gasteiger partial charge < -0.3 is 10.3 Å². The Hall–Kier alpha value is -1.32. The van der Waals surface area contributed by atoms with E-state index >= 15 is 0 Å². The molecule has 3 rings (SSSR count). The summed E-state index contributed by atoms with van der Waals surface area (Å²) in [5, 5.41) is 3.42. The molecule has 2 heterocycles. The van der Waals surface area contributed by atoms with Crippen LogP contribution < -0.4 is 5.32 Å². The lowest BCUT2D eigenvalue weighted by Crippen LogP contribution is -2.28. The van der Waals surface area contributed by atoms with Crippen LogP contribution in [0, 0.1) is 0 Å². The van der Waals surface area contributed by atoms with Crippen molar-refractivity contribution in [3.63, 3.8) is 0 Å². The molecule has 0 radical (unpaired) electrons. The highest BCUT2D eigenvalue weighted by Crippen LogP contribution is 2.23. The molecule has 1 aromatic carbocycles. The third-order valence-electron chi connectivity index (χ3n) is 3.36. The van der Waals surface area contributed by atoms with Gasteiger partial charge in [-0.1, -0.05) is 30.3 Å². The van der Waals surface area contributed by atoms with E-state index in [1.165, 1.54) is 18.4 Å². The van der Waals surface area contributed by atoms with Crippen LogP contribution in [0.15, 0.2) is 36.5 Å². The van der Waals surface area contributed by atoms with Gasteiger partial charge in [-0.25, -0.2) is 4.98 Å². The minimum Gasteiger partial charge on any atom is -0.342 e. The number of rotatable bonds is 2. The maximum atomic E-state index is 4.52. The summed E-state index contributed by atoms with van der Waals surface area (Å²) in [6.07, 6.45) is 4.42. The fourth-order valence-electron chi connectivity index (χ4n) is 2.39. The van der Waals surface area contributed by atoms with Gasteiger partial charge in [0.05, 0.1) is 11.9 Å². The lowest BCUT2D eigenvalue weighted by Gasteiger charge is -2.20. The molecule has 1 unspecified atom stereocenters. The maximum Gasteiger partial charge on any atom is 0.110 e. The Labute approximate surface area is 113 Å². The van der Waals surface area contributed by atoms with Crippen LogP contribution in [0.25, 0.3) is 11.3 Å². The van der Waals surface area contributed by atoms with Crippen molar-refractivity contribution in [1.29, 1.82) is 0 Å². The van der Waals surface area contributed by atoms with E-state index in [0.717, 1.165) is 24.6 Å². The fraction of sp³-hybridized carbons (Fsp3) is 0.357. The number of aromatic amines is 1. The van der Waals surface area contributed by atoms with Crippen molar-refractivity contribution in [3.8, 4) is 11.3 Å². The molecule has 2 N–H and O–H groups in total. The van der Waals surface area contributed by atoms with Gasteiger partial charge in [0.15, 0.2) is 0 Å². The summed E-state index contributed by atoms with van der Waals surface area (Å²) in [5.74, 6) is 1.66. The van der Waals surface area contributed by atoms with E-state index in [1.54, 1.807) is 0 Å². The van der Waals surface area contributed by atoms with Crippen LogP contribution in [-0.4, -0.2) is 23.1 Å². The Morgan fingerprint density at radius 2 is 2.00 bits per heavy atom. The molecule has 1 atom stereocenters. The molecule has 1 aromatic heterocycles. The first-order valence-corrected chi connectivity index (χ1v) is 6.24. The SMILES string of the molecule is Cl.c1ccc(-c2cnc(C3CCCNC3)[nH]2)cc1. The van der Waals surface area contributed by atoms with Gasteiger partial charge in [0, 0.05) is 12.5 Å². The molecule has 0 spiro atoms. The number of halogens is 1. The molecule has 1 aliphatic heterocycles. The summed E-state index contributed by atoms with van der Waals surface area (Å²) in [4.78, 5) is 7.97. The van der Waals surface area contributed by atoms with Gasteiger partial charge in [0.25, 0.3) is 0 Å². The predicted molar refractivity (Wildman–Crippen MR) is 76.1 cm³/mol. The number of nitrogens with one attached hydrogen (secondary N) is 2. The second-order valence-electron chi connectivity index (χ2n) is 4.59. The summed E-state index contributed by atoms with van der Waals surface area (Å²) in [6.45, 7) is 2.19. The largest absolute Gasteiger partial charge is 0.342 e. The average Bonchev–Trinajstić information content (AvgIpc) is 2.90. The van der Waals surface area contributed by atoms with Gasteiger partial charge in [0.2, 0.25) is 0 Å². The standard InChI is InChI=1S/C14H17N3.ClH/c1-2-5-11(6-3-1)13-10-16-14(17-13)12-7-4-8-15-9-12;/h1-3,5-6,10,12,15H,4,7-9H2,(H,16,17);1H. The van der Waals surface area contributed by atoms with Crippen LogP contribution in [-0.2, 0) is 0 Å². The van der Waals surface area contributed by atoms with Gasteiger partial charge in [-0.15, -0.1) is 12.4 Å². The Morgan fingerprint density at radius 3 is 2.72 bits per heavy atom. The minimum atomic E-state index is 0. The maximum absolute atomic E-state index is 4.52. The number of benzene rings is 1. The molecule has 1 saturated heterocycles. The highest BCUT2D eigenvalue weighted by molar-refractivity contribution is 5.85. The summed E-state index contributed by atoms with van der Waals surface area (Å²) < 4.78 is 0. The number of imidazole rings is 1. The first-order chi connectivity index (χ1) is 8.43. The third-order valence-corrected chi connectivity index (χ3v) is 3.36. The van der Waals surface area contributed by atoms with Gasteiger partial charge in [-0.05, 0) is 24.9 Å². The first-order valence-electron chi connectivity index (χ1n) is 6.24. The smallest absolute Gasteiger partial charge is 0.110 e. The quantitative estimate of drug-likeness (QED) is 0.875. The lowest BCUT2D eigenvalue weighted by atomic mass is 9.99. The lowest BCUT2D eigenvalue weighted by molar-refractivity contribution is 0.449. The molecular weight excluding hydrogens is 246 g/mol. The van der Waals surface area contributed by atoms with Crippen molar-refractivity contribution in [2.75, 3.05) is 13.1 Å². The number of hydrogen-bond acceptors (Lipinski definition) is 2. The van der Waals surface area contributed by atoms with Gasteiger partial charge >= 0.3 is 0 Å². The number of nitrogens with zero attached hydrogens (tertiary/aromatic N) is 1. The van der Waals surface area contributed by atoms with Gasteiger partial charge in [0.1, 0.15) is 5.82 Å². The van der Waals surface area contributed by atoms with E-state index in [0.29, 0.717) is 5.92 Å². The molecule has 4 heteroatoms. The zero-order valence-corrected chi connectivity index (χ0v) is 11.0. The molecule has 1 aliphatic rings. The molecule has 0 bridgehead atoms. The van der Waals surface area contributed by atoms with Gasteiger partial charge in [-0.3, -0.25) is 0 Å². The van der Waals surface area contributed by atoms with Crippen LogP contribution in [0.4, 0.5) is 0 Å². The molecule has 1 fully saturated rings. The third kappa shape index (κ3) is 2.74. The van der Waals surface area contributed by atoms with Crippen LogP contribution >= 0.6 is 12.4 Å². The Balaban J connectivity index is 0.00000120. The Kier molecular flexibility index (Phi) is 4.39. The Morgan fingerprint density at radius 1 is 1.17 bits per heavy atom. The second kappa shape index (κ2) is 6.03. The molecular formula is C14H18ClN3. The van der Waals surface area contributed by atoms with E-state index in [1.807, 2.05) is 12.3 Å². The van der Waals surface area contributed by atoms with Crippen molar-refractivity contribution in [2.24, 2.45) is 0 Å². The predicted octanol–water partition coefficient (Wildman–Crippen LogP) is 2.97.